The minimum atomic E-state index is -0.339. The fourth-order valence-electron chi connectivity index (χ4n) is 3.90. The Kier molecular flexibility index (Phi) is 8.94. The van der Waals surface area contributed by atoms with E-state index in [0.29, 0.717) is 61.8 Å². The Balaban J connectivity index is 1.64. The van der Waals surface area contributed by atoms with Crippen LogP contribution in [0.15, 0.2) is 18.2 Å². The summed E-state index contributed by atoms with van der Waals surface area (Å²) in [6.07, 6.45) is 2.79. The first kappa shape index (κ1) is 24.8. The van der Waals surface area contributed by atoms with Gasteiger partial charge < -0.3 is 25.2 Å². The van der Waals surface area contributed by atoms with E-state index in [9.17, 15) is 19.2 Å². The molecule has 1 fully saturated rings. The number of ether oxygens (including phenoxy) is 1. The molecule has 0 spiro atoms. The first-order chi connectivity index (χ1) is 15.8. The summed E-state index contributed by atoms with van der Waals surface area (Å²) >= 11 is 6.05. The molecule has 0 unspecified atom stereocenters. The van der Waals surface area contributed by atoms with Crippen LogP contribution in [0.3, 0.4) is 0 Å². The Bertz CT molecular complexity index is 894. The third kappa shape index (κ3) is 7.35. The van der Waals surface area contributed by atoms with Crippen LogP contribution >= 0.6 is 11.6 Å². The predicted octanol–water partition coefficient (Wildman–Crippen LogP) is 1.59. The quantitative estimate of drug-likeness (QED) is 0.685. The molecule has 3 rings (SSSR count). The smallest absolute Gasteiger partial charge is 0.255 e. The zero-order valence-corrected chi connectivity index (χ0v) is 19.7. The molecule has 1 aromatic rings. The molecule has 9 nitrogen and oxygen atoms in total. The first-order valence-corrected chi connectivity index (χ1v) is 11.8. The average molecular weight is 479 g/mol. The number of likely N-dealkylation sites (tertiary alicyclic amines) is 1. The molecule has 2 heterocycles. The van der Waals surface area contributed by atoms with Crippen LogP contribution in [0.1, 0.15) is 49.4 Å². The largest absolute Gasteiger partial charge is 0.491 e. The number of benzene rings is 1. The maximum Gasteiger partial charge on any atom is 0.255 e. The number of halogens is 1. The second kappa shape index (κ2) is 11.9. The lowest BCUT2D eigenvalue weighted by atomic mass is 10.1. The molecule has 0 saturated carbocycles. The van der Waals surface area contributed by atoms with Crippen LogP contribution in [0.25, 0.3) is 0 Å². The van der Waals surface area contributed by atoms with Gasteiger partial charge in [-0.2, -0.15) is 0 Å². The van der Waals surface area contributed by atoms with Gasteiger partial charge in [-0.1, -0.05) is 11.6 Å². The Labute approximate surface area is 198 Å². The molecule has 2 aliphatic rings. The van der Waals surface area contributed by atoms with E-state index >= 15 is 0 Å². The lowest BCUT2D eigenvalue weighted by molar-refractivity contribution is -0.137. The molecule has 2 N–H and O–H groups in total. The summed E-state index contributed by atoms with van der Waals surface area (Å²) in [5, 5.41) is 6.13. The molecule has 0 radical (unpaired) electrons. The molecule has 1 atom stereocenters. The zero-order chi connectivity index (χ0) is 23.8. The Hall–Kier alpha value is -2.81. The molecular formula is C23H31ClN4O5. The molecule has 33 heavy (non-hydrogen) atoms. The van der Waals surface area contributed by atoms with Crippen LogP contribution in [-0.4, -0.2) is 78.8 Å². The number of nitrogens with zero attached hydrogens (tertiary/aromatic N) is 2. The minimum Gasteiger partial charge on any atom is -0.491 e. The standard InChI is InChI=1S/C23H31ClN4O5/c1-16-15-33-19-7-6-17(24)13-18(19)23(32)25-9-2-3-10-28(14-20(29)26-16)22(31)8-12-27-11-4-5-21(27)30/h6-7,13,16H,2-5,8-12,14-15H2,1H3,(H,25,32)(H,26,29)/t16-/m1/s1. The van der Waals surface area contributed by atoms with Gasteiger partial charge in [0.2, 0.25) is 17.7 Å². The van der Waals surface area contributed by atoms with Gasteiger partial charge in [-0.25, -0.2) is 0 Å². The Morgan fingerprint density at radius 3 is 2.76 bits per heavy atom. The third-order valence-electron chi connectivity index (χ3n) is 5.68. The average Bonchev–Trinajstić information content (AvgIpc) is 3.19. The fraction of sp³-hybridized carbons (Fsp3) is 0.565. The third-order valence-corrected chi connectivity index (χ3v) is 5.91. The van der Waals surface area contributed by atoms with Crippen molar-refractivity contribution >= 4 is 35.2 Å². The van der Waals surface area contributed by atoms with Crippen LogP contribution < -0.4 is 15.4 Å². The highest BCUT2D eigenvalue weighted by atomic mass is 35.5. The molecule has 0 aromatic heterocycles. The van der Waals surface area contributed by atoms with Crippen molar-refractivity contribution in [3.8, 4) is 5.75 Å². The highest BCUT2D eigenvalue weighted by Gasteiger charge is 2.24. The maximum absolute atomic E-state index is 12.8. The molecule has 0 aliphatic carbocycles. The molecule has 180 valence electrons. The van der Waals surface area contributed by atoms with Crippen LogP contribution in [0.5, 0.6) is 5.75 Å². The normalized spacial score (nSPS) is 20.8. The van der Waals surface area contributed by atoms with Crippen molar-refractivity contribution < 1.29 is 23.9 Å². The number of amides is 4. The van der Waals surface area contributed by atoms with Gasteiger partial charge in [0.25, 0.3) is 5.91 Å². The van der Waals surface area contributed by atoms with Gasteiger partial charge in [-0.3, -0.25) is 19.2 Å². The van der Waals surface area contributed by atoms with E-state index < -0.39 is 0 Å². The van der Waals surface area contributed by atoms with Crippen LogP contribution in [0.4, 0.5) is 0 Å². The van der Waals surface area contributed by atoms with Crippen molar-refractivity contribution in [3.63, 3.8) is 0 Å². The molecule has 10 heteroatoms. The van der Waals surface area contributed by atoms with Crippen molar-refractivity contribution in [2.75, 3.05) is 39.3 Å². The minimum absolute atomic E-state index is 0.0598. The van der Waals surface area contributed by atoms with E-state index in [1.807, 2.05) is 0 Å². The van der Waals surface area contributed by atoms with Crippen LogP contribution in [0.2, 0.25) is 5.02 Å². The van der Waals surface area contributed by atoms with E-state index in [1.54, 1.807) is 30.0 Å². The second-order valence-corrected chi connectivity index (χ2v) is 8.87. The SMILES string of the molecule is C[C@@H]1COc2ccc(Cl)cc2C(=O)NCCCCN(C(=O)CCN2CCCC2=O)CC(=O)N1. The Morgan fingerprint density at radius 1 is 1.18 bits per heavy atom. The van der Waals surface area contributed by atoms with E-state index in [-0.39, 0.29) is 49.2 Å². The van der Waals surface area contributed by atoms with Crippen molar-refractivity contribution in [2.45, 2.75) is 45.1 Å². The number of rotatable bonds is 3. The van der Waals surface area contributed by atoms with Crippen LogP contribution in [0, 0.1) is 0 Å². The molecular weight excluding hydrogens is 448 g/mol. The Morgan fingerprint density at radius 2 is 2.00 bits per heavy atom. The van der Waals surface area contributed by atoms with Gasteiger partial charge in [0.15, 0.2) is 0 Å². The van der Waals surface area contributed by atoms with Gasteiger partial charge in [0.05, 0.1) is 18.2 Å². The van der Waals surface area contributed by atoms with Gasteiger partial charge in [-0.05, 0) is 44.4 Å². The molecule has 2 aliphatic heterocycles. The summed E-state index contributed by atoms with van der Waals surface area (Å²) in [6.45, 7) is 3.74. The van der Waals surface area contributed by atoms with Crippen molar-refractivity contribution in [1.29, 1.82) is 0 Å². The van der Waals surface area contributed by atoms with E-state index in [4.69, 9.17) is 16.3 Å². The van der Waals surface area contributed by atoms with E-state index in [0.717, 1.165) is 6.42 Å². The van der Waals surface area contributed by atoms with Crippen molar-refractivity contribution in [2.24, 2.45) is 0 Å². The molecule has 0 bridgehead atoms. The summed E-state index contributed by atoms with van der Waals surface area (Å²) in [7, 11) is 0. The monoisotopic (exact) mass is 478 g/mol. The highest BCUT2D eigenvalue weighted by molar-refractivity contribution is 6.31. The maximum atomic E-state index is 12.8. The highest BCUT2D eigenvalue weighted by Crippen LogP contribution is 2.23. The number of hydrogen-bond acceptors (Lipinski definition) is 5. The summed E-state index contributed by atoms with van der Waals surface area (Å²) < 4.78 is 5.78. The summed E-state index contributed by atoms with van der Waals surface area (Å²) in [6, 6.07) is 4.49. The molecule has 1 saturated heterocycles. The van der Waals surface area contributed by atoms with E-state index in [1.165, 1.54) is 4.90 Å². The van der Waals surface area contributed by atoms with Gasteiger partial charge in [0.1, 0.15) is 12.4 Å². The number of carbonyl (C=O) groups is 4. The summed E-state index contributed by atoms with van der Waals surface area (Å²) in [5.41, 5.74) is 0.337. The van der Waals surface area contributed by atoms with Gasteiger partial charge in [0, 0.05) is 44.0 Å². The van der Waals surface area contributed by atoms with E-state index in [2.05, 4.69) is 10.6 Å². The summed E-state index contributed by atoms with van der Waals surface area (Å²) in [4.78, 5) is 53.1. The number of carbonyl (C=O) groups excluding carboxylic acids is 4. The van der Waals surface area contributed by atoms with Crippen molar-refractivity contribution in [1.82, 2.24) is 20.4 Å². The van der Waals surface area contributed by atoms with Gasteiger partial charge in [-0.15, -0.1) is 0 Å². The predicted molar refractivity (Wildman–Crippen MR) is 123 cm³/mol. The van der Waals surface area contributed by atoms with Crippen LogP contribution in [-0.2, 0) is 14.4 Å². The lowest BCUT2D eigenvalue weighted by Crippen LogP contribution is -2.46. The molecule has 1 aromatic carbocycles. The second-order valence-electron chi connectivity index (χ2n) is 8.43. The first-order valence-electron chi connectivity index (χ1n) is 11.4. The topological polar surface area (TPSA) is 108 Å². The zero-order valence-electron chi connectivity index (χ0n) is 18.9. The lowest BCUT2D eigenvalue weighted by Gasteiger charge is -2.25. The summed E-state index contributed by atoms with van der Waals surface area (Å²) in [5.74, 6) is -0.269. The van der Waals surface area contributed by atoms with Crippen molar-refractivity contribution in [3.05, 3.63) is 28.8 Å². The fourth-order valence-corrected chi connectivity index (χ4v) is 4.07. The number of hydrogen-bond donors (Lipinski definition) is 2. The number of nitrogens with one attached hydrogen (secondary N) is 2. The van der Waals surface area contributed by atoms with Gasteiger partial charge >= 0.3 is 0 Å². The number of fused-ring (bicyclic) bond motifs is 1. The molecule has 4 amide bonds.